The number of benzene rings is 4. The predicted octanol–water partition coefficient (Wildman–Crippen LogP) is 4.24. The van der Waals surface area contributed by atoms with E-state index in [0.29, 0.717) is 23.6 Å². The van der Waals surface area contributed by atoms with Crippen LogP contribution in [0.5, 0.6) is 5.75 Å². The number of aliphatic hydroxyl groups is 1. The van der Waals surface area contributed by atoms with Gasteiger partial charge in [-0.1, -0.05) is 91.0 Å². The first-order chi connectivity index (χ1) is 26.2. The Bertz CT molecular complexity index is 1970. The highest BCUT2D eigenvalue weighted by Gasteiger charge is 2.48. The van der Waals surface area contributed by atoms with Crippen LogP contribution in [0.2, 0.25) is 0 Å². The summed E-state index contributed by atoms with van der Waals surface area (Å²) in [4.78, 5) is 66.9. The second kappa shape index (κ2) is 17.7. The van der Waals surface area contributed by atoms with Gasteiger partial charge in [0.05, 0.1) is 0 Å². The van der Waals surface area contributed by atoms with Crippen LogP contribution in [-0.2, 0) is 49.1 Å². The summed E-state index contributed by atoms with van der Waals surface area (Å²) < 4.78 is 11.3. The zero-order valence-corrected chi connectivity index (χ0v) is 31.3. The molecular formula is C42H47N5O8. The Hall–Kier alpha value is -6.21. The number of nitrogens with one attached hydrogen (secondary N) is 5. The maximum atomic E-state index is 13.7. The zero-order chi connectivity index (χ0) is 39.6. The summed E-state index contributed by atoms with van der Waals surface area (Å²) in [5.41, 5.74) is 0.183. The lowest BCUT2D eigenvalue weighted by molar-refractivity contribution is -0.139. The van der Waals surface area contributed by atoms with Gasteiger partial charge in [0.1, 0.15) is 36.1 Å². The molecule has 6 N–H and O–H groups in total. The molecule has 4 aromatic rings. The van der Waals surface area contributed by atoms with Crippen molar-refractivity contribution in [3.8, 4) is 5.75 Å². The Morgan fingerprint density at radius 3 is 2.00 bits per heavy atom. The smallest absolute Gasteiger partial charge is 0.408 e. The molecule has 4 atom stereocenters. The van der Waals surface area contributed by atoms with E-state index < -0.39 is 65.5 Å². The monoisotopic (exact) mass is 749 g/mol. The van der Waals surface area contributed by atoms with Crippen molar-refractivity contribution in [2.45, 2.75) is 83.0 Å². The molecule has 0 radical (unpaired) electrons. The highest BCUT2D eigenvalue weighted by atomic mass is 16.6. The normalized spacial score (nSPS) is 16.3. The van der Waals surface area contributed by atoms with Gasteiger partial charge >= 0.3 is 6.09 Å². The minimum absolute atomic E-state index is 0.0461. The topological polar surface area (TPSA) is 184 Å². The fourth-order valence-corrected chi connectivity index (χ4v) is 5.95. The van der Waals surface area contributed by atoms with E-state index in [1.165, 1.54) is 6.92 Å². The molecule has 288 valence electrons. The fourth-order valence-electron chi connectivity index (χ4n) is 5.95. The Labute approximate surface area is 320 Å². The number of alkyl carbamates (subject to hydrolysis) is 1. The maximum absolute atomic E-state index is 13.7. The van der Waals surface area contributed by atoms with E-state index in [-0.39, 0.29) is 18.5 Å². The highest BCUT2D eigenvalue weighted by molar-refractivity contribution is 6.05. The van der Waals surface area contributed by atoms with E-state index >= 15 is 0 Å². The summed E-state index contributed by atoms with van der Waals surface area (Å²) in [6, 6.07) is 28.6. The van der Waals surface area contributed by atoms with E-state index in [9.17, 15) is 29.1 Å². The van der Waals surface area contributed by atoms with Crippen LogP contribution in [0.25, 0.3) is 0 Å². The molecule has 0 unspecified atom stereocenters. The third kappa shape index (κ3) is 11.2. The van der Waals surface area contributed by atoms with E-state index in [2.05, 4.69) is 26.6 Å². The second-order valence-corrected chi connectivity index (χ2v) is 14.4. The standard InChI is InChI=1S/C42H47N5O8/c1-27(36(48)45-35(37(49)43-25-29-13-7-5-8-14-29)24-42(53)32-17-11-12-18-33(32)46-39(42)51)44-38(50)34(47-40(52)55-41(2,3)4)23-28-19-21-31(22-20-28)54-26-30-15-9-6-10-16-30/h5-22,27,34-35,53H,23-26H2,1-4H3,(H,43,49)(H,44,50)(H,45,48)(H,46,51)(H,47,52)/t27-,34+,35+,42-/m1/s1. The SMILES string of the molecule is C[C@@H](NC(=O)[C@H](Cc1ccc(OCc2ccccc2)cc1)NC(=O)OC(C)(C)C)C(=O)N[C@@H](C[C@]1(O)C(=O)Nc2ccccc21)C(=O)NCc1ccccc1. The summed E-state index contributed by atoms with van der Waals surface area (Å²) in [7, 11) is 0. The first-order valence-corrected chi connectivity index (χ1v) is 18.0. The van der Waals surface area contributed by atoms with E-state index in [1.54, 1.807) is 69.3 Å². The van der Waals surface area contributed by atoms with Crippen molar-refractivity contribution in [2.24, 2.45) is 0 Å². The van der Waals surface area contributed by atoms with Gasteiger partial charge in [-0.2, -0.15) is 0 Å². The number of carbonyl (C=O) groups is 5. The number of carbonyl (C=O) groups excluding carboxylic acids is 5. The average molecular weight is 750 g/mol. The van der Waals surface area contributed by atoms with Crippen LogP contribution in [0.15, 0.2) is 109 Å². The van der Waals surface area contributed by atoms with Gasteiger partial charge in [0, 0.05) is 30.6 Å². The third-order valence-electron chi connectivity index (χ3n) is 8.81. The first kappa shape index (κ1) is 40.0. The van der Waals surface area contributed by atoms with Gasteiger partial charge in [-0.15, -0.1) is 0 Å². The van der Waals surface area contributed by atoms with E-state index in [1.807, 2.05) is 60.7 Å². The van der Waals surface area contributed by atoms with Crippen LogP contribution in [-0.4, -0.2) is 58.6 Å². The van der Waals surface area contributed by atoms with Crippen LogP contribution in [0.4, 0.5) is 10.5 Å². The van der Waals surface area contributed by atoms with Gasteiger partial charge in [0.25, 0.3) is 5.91 Å². The molecule has 4 aromatic carbocycles. The van der Waals surface area contributed by atoms with E-state index in [4.69, 9.17) is 9.47 Å². The quantitative estimate of drug-likeness (QED) is 0.104. The van der Waals surface area contributed by atoms with Crippen molar-refractivity contribution in [2.75, 3.05) is 5.32 Å². The van der Waals surface area contributed by atoms with Crippen LogP contribution in [0, 0.1) is 0 Å². The molecule has 0 fully saturated rings. The van der Waals surface area contributed by atoms with Crippen molar-refractivity contribution < 1.29 is 38.6 Å². The summed E-state index contributed by atoms with van der Waals surface area (Å²) in [5.74, 6) is -2.23. The molecule has 1 heterocycles. The molecule has 1 aliphatic rings. The fraction of sp³-hybridized carbons (Fsp3) is 0.310. The molecule has 0 spiro atoms. The first-order valence-electron chi connectivity index (χ1n) is 18.0. The van der Waals surface area contributed by atoms with Crippen LogP contribution in [0.3, 0.4) is 0 Å². The number of fused-ring (bicyclic) bond motifs is 1. The molecule has 0 bridgehead atoms. The molecule has 0 aliphatic carbocycles. The average Bonchev–Trinajstić information content (AvgIpc) is 3.41. The van der Waals surface area contributed by atoms with Gasteiger partial charge in [0.15, 0.2) is 5.60 Å². The summed E-state index contributed by atoms with van der Waals surface area (Å²) in [5, 5.41) is 24.9. The Morgan fingerprint density at radius 2 is 1.35 bits per heavy atom. The summed E-state index contributed by atoms with van der Waals surface area (Å²) >= 11 is 0. The maximum Gasteiger partial charge on any atom is 0.408 e. The number of rotatable bonds is 15. The van der Waals surface area contributed by atoms with Crippen LogP contribution < -0.4 is 31.3 Å². The van der Waals surface area contributed by atoms with Gasteiger partial charge in [-0.3, -0.25) is 19.2 Å². The molecule has 0 aromatic heterocycles. The molecule has 5 amide bonds. The second-order valence-electron chi connectivity index (χ2n) is 14.4. The zero-order valence-electron chi connectivity index (χ0n) is 31.3. The number of anilines is 1. The molecule has 13 nitrogen and oxygen atoms in total. The number of para-hydroxylation sites is 1. The molecule has 0 saturated carbocycles. The molecule has 1 aliphatic heterocycles. The van der Waals surface area contributed by atoms with Crippen molar-refractivity contribution in [3.05, 3.63) is 131 Å². The molecule has 5 rings (SSSR count). The number of hydrogen-bond acceptors (Lipinski definition) is 8. The number of hydrogen-bond donors (Lipinski definition) is 6. The Morgan fingerprint density at radius 1 is 0.727 bits per heavy atom. The number of ether oxygens (including phenoxy) is 2. The molecule has 13 heteroatoms. The van der Waals surface area contributed by atoms with Gasteiger partial charge in [-0.05, 0) is 62.6 Å². The Kier molecular flexibility index (Phi) is 12.9. The van der Waals surface area contributed by atoms with E-state index in [0.717, 1.165) is 11.1 Å². The lowest BCUT2D eigenvalue weighted by Crippen LogP contribution is -2.57. The summed E-state index contributed by atoms with van der Waals surface area (Å²) in [6.45, 7) is 7.00. The predicted molar refractivity (Wildman–Crippen MR) is 205 cm³/mol. The van der Waals surface area contributed by atoms with Crippen molar-refractivity contribution in [1.82, 2.24) is 21.3 Å². The lowest BCUT2D eigenvalue weighted by Gasteiger charge is -2.28. The summed E-state index contributed by atoms with van der Waals surface area (Å²) in [6.07, 6.45) is -1.27. The molecule has 55 heavy (non-hydrogen) atoms. The third-order valence-corrected chi connectivity index (χ3v) is 8.81. The highest BCUT2D eigenvalue weighted by Crippen LogP contribution is 2.39. The lowest BCUT2D eigenvalue weighted by atomic mass is 9.88. The van der Waals surface area contributed by atoms with Gasteiger partial charge in [0.2, 0.25) is 17.7 Å². The molecular weight excluding hydrogens is 702 g/mol. The minimum Gasteiger partial charge on any atom is -0.489 e. The minimum atomic E-state index is -2.13. The largest absolute Gasteiger partial charge is 0.489 e. The van der Waals surface area contributed by atoms with Gasteiger partial charge < -0.3 is 41.2 Å². The van der Waals surface area contributed by atoms with Crippen molar-refractivity contribution in [1.29, 1.82) is 0 Å². The molecule has 0 saturated heterocycles. The number of amides is 5. The van der Waals surface area contributed by atoms with Crippen LogP contribution in [0.1, 0.15) is 56.4 Å². The van der Waals surface area contributed by atoms with Crippen LogP contribution >= 0.6 is 0 Å². The van der Waals surface area contributed by atoms with Crippen molar-refractivity contribution >= 4 is 35.4 Å². The van der Waals surface area contributed by atoms with Gasteiger partial charge in [-0.25, -0.2) is 4.79 Å². The van der Waals surface area contributed by atoms with Crippen molar-refractivity contribution in [3.63, 3.8) is 0 Å². The Balaban J connectivity index is 1.28.